The second kappa shape index (κ2) is 7.04. The Morgan fingerprint density at radius 1 is 0.889 bits per heavy atom. The first-order chi connectivity index (χ1) is 13.0. The molecule has 0 fully saturated rings. The zero-order valence-corrected chi connectivity index (χ0v) is 15.7. The van der Waals surface area contributed by atoms with Gasteiger partial charge in [-0.2, -0.15) is 0 Å². The van der Waals surface area contributed by atoms with Crippen LogP contribution in [0.5, 0.6) is 0 Å². The van der Waals surface area contributed by atoms with Gasteiger partial charge in [-0.15, -0.1) is 11.3 Å². The molecule has 27 heavy (non-hydrogen) atoms. The Morgan fingerprint density at radius 2 is 1.52 bits per heavy atom. The van der Waals surface area contributed by atoms with E-state index in [4.69, 9.17) is 0 Å². The molecule has 0 unspecified atom stereocenters. The Balaban J connectivity index is 1.79. The van der Waals surface area contributed by atoms with Crippen LogP contribution in [-0.2, 0) is 6.54 Å². The summed E-state index contributed by atoms with van der Waals surface area (Å²) in [6, 6.07) is 12.8. The fourth-order valence-electron chi connectivity index (χ4n) is 3.10. The third-order valence-electron chi connectivity index (χ3n) is 4.35. The van der Waals surface area contributed by atoms with Gasteiger partial charge in [0, 0.05) is 17.0 Å². The summed E-state index contributed by atoms with van der Waals surface area (Å²) >= 11 is 1.60. The quantitative estimate of drug-likeness (QED) is 0.481. The van der Waals surface area contributed by atoms with Crippen LogP contribution < -0.4 is 5.32 Å². The molecule has 6 heteroatoms. The normalized spacial score (nSPS) is 11.1. The molecule has 0 saturated heterocycles. The molecule has 1 N–H and O–H groups in total. The summed E-state index contributed by atoms with van der Waals surface area (Å²) in [5, 5.41) is 4.29. The van der Waals surface area contributed by atoms with E-state index in [9.17, 15) is 8.78 Å². The molecule has 0 atom stereocenters. The molecule has 2 aromatic heterocycles. The average molecular weight is 381 g/mol. The van der Waals surface area contributed by atoms with Crippen LogP contribution in [0.2, 0.25) is 0 Å². The fourth-order valence-corrected chi connectivity index (χ4v) is 4.19. The van der Waals surface area contributed by atoms with Crippen molar-refractivity contribution in [1.82, 2.24) is 9.97 Å². The smallest absolute Gasteiger partial charge is 0.139 e. The van der Waals surface area contributed by atoms with Gasteiger partial charge in [-0.1, -0.05) is 24.3 Å². The number of rotatable bonds is 4. The van der Waals surface area contributed by atoms with Crippen molar-refractivity contribution in [1.29, 1.82) is 0 Å². The van der Waals surface area contributed by atoms with Gasteiger partial charge in [0.05, 0.1) is 5.39 Å². The molecule has 0 bridgehead atoms. The summed E-state index contributed by atoms with van der Waals surface area (Å²) in [7, 11) is 0. The minimum absolute atomic E-state index is 0.258. The van der Waals surface area contributed by atoms with Gasteiger partial charge in [-0.3, -0.25) is 0 Å². The van der Waals surface area contributed by atoms with Gasteiger partial charge in [-0.25, -0.2) is 18.7 Å². The predicted octanol–water partition coefficient (Wildman–Crippen LogP) is 5.87. The number of nitrogens with one attached hydrogen (secondary N) is 1. The van der Waals surface area contributed by atoms with E-state index in [0.29, 0.717) is 12.4 Å². The van der Waals surface area contributed by atoms with E-state index < -0.39 is 0 Å². The zero-order valence-electron chi connectivity index (χ0n) is 14.9. The molecule has 2 aromatic carbocycles. The molecular formula is C21H17F2N3S. The van der Waals surface area contributed by atoms with Crippen LogP contribution in [0.15, 0.2) is 48.5 Å². The number of anilines is 1. The predicted molar refractivity (Wildman–Crippen MR) is 106 cm³/mol. The molecule has 0 aliphatic heterocycles. The lowest BCUT2D eigenvalue weighted by Crippen LogP contribution is -2.04. The van der Waals surface area contributed by atoms with Gasteiger partial charge in [0.25, 0.3) is 0 Å². The standard InChI is InChI=1S/C21H17F2N3S/c1-12-18(15-5-9-17(23)10-6-15)19-20(25-13(2)26-21(19)27-12)24-11-14-3-7-16(22)8-4-14/h3-10H,11H2,1-2H3,(H,24,25,26). The van der Waals surface area contributed by atoms with E-state index in [1.165, 1.54) is 24.3 Å². The molecule has 136 valence electrons. The molecule has 3 nitrogen and oxygen atoms in total. The molecule has 0 spiro atoms. The number of thiophene rings is 1. The molecule has 0 saturated carbocycles. The first-order valence-corrected chi connectivity index (χ1v) is 9.35. The second-order valence-corrected chi connectivity index (χ2v) is 7.52. The van der Waals surface area contributed by atoms with Gasteiger partial charge in [-0.05, 0) is 49.2 Å². The van der Waals surface area contributed by atoms with Gasteiger partial charge in [0.2, 0.25) is 0 Å². The summed E-state index contributed by atoms with van der Waals surface area (Å²) in [5.74, 6) is 0.880. The Morgan fingerprint density at radius 3 is 2.19 bits per heavy atom. The van der Waals surface area contributed by atoms with Crippen molar-refractivity contribution in [2.45, 2.75) is 20.4 Å². The topological polar surface area (TPSA) is 37.8 Å². The number of nitrogens with zero attached hydrogens (tertiary/aromatic N) is 2. The highest BCUT2D eigenvalue weighted by atomic mass is 32.1. The molecule has 2 heterocycles. The van der Waals surface area contributed by atoms with Crippen LogP contribution in [-0.4, -0.2) is 9.97 Å². The molecule has 0 amide bonds. The fraction of sp³-hybridized carbons (Fsp3) is 0.143. The Labute approximate surface area is 159 Å². The van der Waals surface area contributed by atoms with Gasteiger partial charge >= 0.3 is 0 Å². The van der Waals surface area contributed by atoms with Crippen LogP contribution in [0.3, 0.4) is 0 Å². The maximum absolute atomic E-state index is 13.4. The van der Waals surface area contributed by atoms with Crippen molar-refractivity contribution < 1.29 is 8.78 Å². The molecule has 0 radical (unpaired) electrons. The lowest BCUT2D eigenvalue weighted by atomic mass is 10.0. The van der Waals surface area contributed by atoms with E-state index in [0.717, 1.165) is 37.6 Å². The molecule has 4 aromatic rings. The molecule has 0 aliphatic carbocycles. The van der Waals surface area contributed by atoms with E-state index in [1.807, 2.05) is 13.8 Å². The summed E-state index contributed by atoms with van der Waals surface area (Å²) in [6.07, 6.45) is 0. The molecular weight excluding hydrogens is 364 g/mol. The van der Waals surface area contributed by atoms with Crippen LogP contribution in [0.4, 0.5) is 14.6 Å². The summed E-state index contributed by atoms with van der Waals surface area (Å²) in [6.45, 7) is 4.41. The summed E-state index contributed by atoms with van der Waals surface area (Å²) < 4.78 is 26.5. The maximum atomic E-state index is 13.4. The van der Waals surface area contributed by atoms with Crippen LogP contribution in [0.25, 0.3) is 21.3 Å². The number of fused-ring (bicyclic) bond motifs is 1. The average Bonchev–Trinajstić information content (AvgIpc) is 2.97. The van der Waals surface area contributed by atoms with Crippen molar-refractivity contribution in [3.8, 4) is 11.1 Å². The first-order valence-electron chi connectivity index (χ1n) is 8.53. The Hall–Kier alpha value is -2.86. The lowest BCUT2D eigenvalue weighted by Gasteiger charge is -2.10. The minimum Gasteiger partial charge on any atom is -0.365 e. The number of hydrogen-bond donors (Lipinski definition) is 1. The number of benzene rings is 2. The lowest BCUT2D eigenvalue weighted by molar-refractivity contribution is 0.627. The third-order valence-corrected chi connectivity index (χ3v) is 5.34. The van der Waals surface area contributed by atoms with Crippen LogP contribution in [0.1, 0.15) is 16.3 Å². The first kappa shape index (κ1) is 17.5. The van der Waals surface area contributed by atoms with Crippen molar-refractivity contribution in [3.05, 3.63) is 76.4 Å². The van der Waals surface area contributed by atoms with Gasteiger partial charge in [0.1, 0.15) is 28.1 Å². The van der Waals surface area contributed by atoms with Crippen molar-refractivity contribution in [2.75, 3.05) is 5.32 Å². The van der Waals surface area contributed by atoms with Crippen molar-refractivity contribution in [3.63, 3.8) is 0 Å². The summed E-state index contributed by atoms with van der Waals surface area (Å²) in [5.41, 5.74) is 2.89. The van der Waals surface area contributed by atoms with Crippen molar-refractivity contribution >= 4 is 27.4 Å². The molecule has 0 aliphatic rings. The number of aryl methyl sites for hydroxylation is 2. The van der Waals surface area contributed by atoms with Gasteiger partial charge in [0.15, 0.2) is 0 Å². The highest BCUT2D eigenvalue weighted by molar-refractivity contribution is 7.19. The monoisotopic (exact) mass is 381 g/mol. The third kappa shape index (κ3) is 3.53. The van der Waals surface area contributed by atoms with E-state index >= 15 is 0 Å². The minimum atomic E-state index is -0.266. The van der Waals surface area contributed by atoms with E-state index in [2.05, 4.69) is 15.3 Å². The largest absolute Gasteiger partial charge is 0.365 e. The zero-order chi connectivity index (χ0) is 19.0. The molecule has 4 rings (SSSR count). The SMILES string of the molecule is Cc1nc(NCc2ccc(F)cc2)c2c(-c3ccc(F)cc3)c(C)sc2n1. The summed E-state index contributed by atoms with van der Waals surface area (Å²) in [4.78, 5) is 11.1. The van der Waals surface area contributed by atoms with Gasteiger partial charge < -0.3 is 5.32 Å². The number of halogens is 2. The number of aromatic nitrogens is 2. The van der Waals surface area contributed by atoms with Crippen LogP contribution in [0, 0.1) is 25.5 Å². The van der Waals surface area contributed by atoms with E-state index in [-0.39, 0.29) is 11.6 Å². The number of hydrogen-bond acceptors (Lipinski definition) is 4. The highest BCUT2D eigenvalue weighted by Gasteiger charge is 2.17. The maximum Gasteiger partial charge on any atom is 0.139 e. The van der Waals surface area contributed by atoms with E-state index in [1.54, 1.807) is 35.6 Å². The highest BCUT2D eigenvalue weighted by Crippen LogP contribution is 2.40. The Kier molecular flexibility index (Phi) is 4.58. The van der Waals surface area contributed by atoms with Crippen LogP contribution >= 0.6 is 11.3 Å². The Bertz CT molecular complexity index is 1100. The second-order valence-electron chi connectivity index (χ2n) is 6.32. The van der Waals surface area contributed by atoms with Crippen molar-refractivity contribution in [2.24, 2.45) is 0 Å².